The summed E-state index contributed by atoms with van der Waals surface area (Å²) in [4.78, 5) is 0. The molecule has 0 radical (unpaired) electrons. The van der Waals surface area contributed by atoms with E-state index in [1.54, 1.807) is 7.11 Å². The lowest BCUT2D eigenvalue weighted by Gasteiger charge is -2.02. The van der Waals surface area contributed by atoms with Gasteiger partial charge in [0.05, 0.1) is 11.6 Å². The molecule has 1 heterocycles. The highest BCUT2D eigenvalue weighted by molar-refractivity contribution is 9.10. The van der Waals surface area contributed by atoms with Crippen molar-refractivity contribution in [2.24, 2.45) is 0 Å². The zero-order chi connectivity index (χ0) is 9.42. The Morgan fingerprint density at radius 2 is 2.31 bits per heavy atom. The first-order chi connectivity index (χ1) is 6.24. The van der Waals surface area contributed by atoms with Crippen LogP contribution >= 0.6 is 15.9 Å². The van der Waals surface area contributed by atoms with Gasteiger partial charge in [0.2, 0.25) is 5.88 Å². The molecule has 2 aromatic rings. The summed E-state index contributed by atoms with van der Waals surface area (Å²) in [6.45, 7) is 0. The molecule has 0 fully saturated rings. The Kier molecular flexibility index (Phi) is 1.88. The van der Waals surface area contributed by atoms with E-state index in [1.807, 2.05) is 12.1 Å². The standard InChI is InChI=1S/C8H7BrN2O2/c1-12-7-4(9)2-3-5-6(7)8(10)13-11-5/h2-3H,10H2,1H3. The Hall–Kier alpha value is -1.23. The van der Waals surface area contributed by atoms with Crippen LogP contribution in [0.4, 0.5) is 5.88 Å². The predicted octanol–water partition coefficient (Wildman–Crippen LogP) is 2.18. The minimum absolute atomic E-state index is 0.271. The molecule has 0 spiro atoms. The number of aromatic nitrogens is 1. The average molecular weight is 243 g/mol. The van der Waals surface area contributed by atoms with Crippen molar-refractivity contribution in [1.29, 1.82) is 0 Å². The van der Waals surface area contributed by atoms with Gasteiger partial charge in [-0.25, -0.2) is 0 Å². The van der Waals surface area contributed by atoms with Crippen molar-refractivity contribution in [3.05, 3.63) is 16.6 Å². The van der Waals surface area contributed by atoms with Crippen LogP contribution < -0.4 is 10.5 Å². The number of anilines is 1. The number of nitrogens with two attached hydrogens (primary N) is 1. The summed E-state index contributed by atoms with van der Waals surface area (Å²) >= 11 is 3.35. The zero-order valence-corrected chi connectivity index (χ0v) is 8.46. The fraction of sp³-hybridized carbons (Fsp3) is 0.125. The summed E-state index contributed by atoms with van der Waals surface area (Å²) in [6.07, 6.45) is 0. The highest BCUT2D eigenvalue weighted by Gasteiger charge is 2.13. The molecule has 0 unspecified atom stereocenters. The molecule has 0 aliphatic heterocycles. The van der Waals surface area contributed by atoms with Crippen LogP contribution in [0, 0.1) is 0 Å². The second-order valence-corrected chi connectivity index (χ2v) is 3.38. The fourth-order valence-electron chi connectivity index (χ4n) is 1.20. The molecule has 0 saturated carbocycles. The van der Waals surface area contributed by atoms with E-state index in [4.69, 9.17) is 15.0 Å². The van der Waals surface area contributed by atoms with E-state index in [0.29, 0.717) is 16.7 Å². The molecule has 0 aliphatic carbocycles. The SMILES string of the molecule is COc1c(Br)ccc2noc(N)c12. The van der Waals surface area contributed by atoms with Crippen molar-refractivity contribution in [1.82, 2.24) is 5.16 Å². The van der Waals surface area contributed by atoms with E-state index in [2.05, 4.69) is 21.1 Å². The van der Waals surface area contributed by atoms with Gasteiger partial charge in [0.15, 0.2) is 0 Å². The third kappa shape index (κ3) is 1.16. The monoisotopic (exact) mass is 242 g/mol. The van der Waals surface area contributed by atoms with E-state index in [9.17, 15) is 0 Å². The van der Waals surface area contributed by atoms with Gasteiger partial charge in [-0.05, 0) is 28.1 Å². The summed E-state index contributed by atoms with van der Waals surface area (Å²) < 4.78 is 10.8. The number of nitrogen functional groups attached to an aromatic ring is 1. The second-order valence-electron chi connectivity index (χ2n) is 2.52. The van der Waals surface area contributed by atoms with Crippen molar-refractivity contribution in [2.45, 2.75) is 0 Å². The smallest absolute Gasteiger partial charge is 0.233 e. The van der Waals surface area contributed by atoms with Crippen LogP contribution in [0.15, 0.2) is 21.1 Å². The van der Waals surface area contributed by atoms with Crippen LogP contribution in [0.2, 0.25) is 0 Å². The first-order valence-corrected chi connectivity index (χ1v) is 4.40. The van der Waals surface area contributed by atoms with Gasteiger partial charge in [0.25, 0.3) is 0 Å². The van der Waals surface area contributed by atoms with Crippen molar-refractivity contribution >= 4 is 32.7 Å². The lowest BCUT2D eigenvalue weighted by atomic mass is 10.2. The lowest BCUT2D eigenvalue weighted by molar-refractivity contribution is 0.416. The maximum Gasteiger partial charge on any atom is 0.233 e. The molecule has 0 aliphatic rings. The molecule has 68 valence electrons. The number of hydrogen-bond acceptors (Lipinski definition) is 4. The molecular weight excluding hydrogens is 236 g/mol. The molecule has 4 nitrogen and oxygen atoms in total. The van der Waals surface area contributed by atoms with Gasteiger partial charge in [-0.2, -0.15) is 0 Å². The minimum atomic E-state index is 0.271. The normalized spacial score (nSPS) is 10.6. The molecule has 1 aromatic heterocycles. The summed E-state index contributed by atoms with van der Waals surface area (Å²) in [5, 5.41) is 4.47. The maximum atomic E-state index is 5.59. The molecule has 2 rings (SSSR count). The number of fused-ring (bicyclic) bond motifs is 1. The van der Waals surface area contributed by atoms with Gasteiger partial charge in [-0.3, -0.25) is 0 Å². The number of methoxy groups -OCH3 is 1. The Balaban J connectivity index is 2.88. The molecule has 0 atom stereocenters. The number of nitrogens with zero attached hydrogens (tertiary/aromatic N) is 1. The number of rotatable bonds is 1. The molecule has 2 N–H and O–H groups in total. The van der Waals surface area contributed by atoms with E-state index in [1.165, 1.54) is 0 Å². The van der Waals surface area contributed by atoms with Crippen LogP contribution in [-0.4, -0.2) is 12.3 Å². The van der Waals surface area contributed by atoms with Crippen LogP contribution in [0.25, 0.3) is 10.9 Å². The molecule has 0 saturated heterocycles. The van der Waals surface area contributed by atoms with Crippen molar-refractivity contribution in [3.8, 4) is 5.75 Å². The molecule has 1 aromatic carbocycles. The van der Waals surface area contributed by atoms with Crippen LogP contribution in [0.1, 0.15) is 0 Å². The highest BCUT2D eigenvalue weighted by atomic mass is 79.9. The molecule has 0 amide bonds. The average Bonchev–Trinajstić information content (AvgIpc) is 2.49. The van der Waals surface area contributed by atoms with Crippen LogP contribution in [-0.2, 0) is 0 Å². The Labute approximate surface area is 82.8 Å². The topological polar surface area (TPSA) is 61.3 Å². The summed E-state index contributed by atoms with van der Waals surface area (Å²) in [5.74, 6) is 0.921. The van der Waals surface area contributed by atoms with Gasteiger partial charge in [-0.15, -0.1) is 0 Å². The summed E-state index contributed by atoms with van der Waals surface area (Å²) in [7, 11) is 1.58. The van der Waals surface area contributed by atoms with Gasteiger partial charge in [0.1, 0.15) is 16.7 Å². The first kappa shape index (κ1) is 8.37. The minimum Gasteiger partial charge on any atom is -0.495 e. The van der Waals surface area contributed by atoms with Crippen molar-refractivity contribution in [2.75, 3.05) is 12.8 Å². The molecular formula is C8H7BrN2O2. The second kappa shape index (κ2) is 2.92. The van der Waals surface area contributed by atoms with Gasteiger partial charge in [0, 0.05) is 0 Å². The highest BCUT2D eigenvalue weighted by Crippen LogP contribution is 2.36. The van der Waals surface area contributed by atoms with Crippen molar-refractivity contribution < 1.29 is 9.26 Å². The fourth-order valence-corrected chi connectivity index (χ4v) is 1.70. The van der Waals surface area contributed by atoms with E-state index >= 15 is 0 Å². The van der Waals surface area contributed by atoms with Gasteiger partial charge in [-0.1, -0.05) is 5.16 Å². The van der Waals surface area contributed by atoms with E-state index in [-0.39, 0.29) is 5.88 Å². The Morgan fingerprint density at radius 1 is 1.54 bits per heavy atom. The zero-order valence-electron chi connectivity index (χ0n) is 6.87. The largest absolute Gasteiger partial charge is 0.495 e. The molecule has 0 bridgehead atoms. The van der Waals surface area contributed by atoms with Crippen LogP contribution in [0.3, 0.4) is 0 Å². The summed E-state index contributed by atoms with van der Waals surface area (Å²) in [5.41, 5.74) is 6.28. The number of halogens is 1. The molecule has 5 heteroatoms. The number of hydrogen-bond donors (Lipinski definition) is 1. The lowest BCUT2D eigenvalue weighted by Crippen LogP contribution is -1.88. The number of benzene rings is 1. The predicted molar refractivity (Wildman–Crippen MR) is 52.7 cm³/mol. The number of ether oxygens (including phenoxy) is 1. The quantitative estimate of drug-likeness (QED) is 0.833. The van der Waals surface area contributed by atoms with Gasteiger partial charge < -0.3 is 15.0 Å². The maximum absolute atomic E-state index is 5.59. The third-order valence-corrected chi connectivity index (χ3v) is 2.40. The third-order valence-electron chi connectivity index (χ3n) is 1.78. The van der Waals surface area contributed by atoms with E-state index in [0.717, 1.165) is 4.47 Å². The van der Waals surface area contributed by atoms with Gasteiger partial charge >= 0.3 is 0 Å². The molecule has 13 heavy (non-hydrogen) atoms. The Bertz CT molecular complexity index is 453. The van der Waals surface area contributed by atoms with E-state index < -0.39 is 0 Å². The van der Waals surface area contributed by atoms with Crippen LogP contribution in [0.5, 0.6) is 5.75 Å². The van der Waals surface area contributed by atoms with Crippen molar-refractivity contribution in [3.63, 3.8) is 0 Å². The summed E-state index contributed by atoms with van der Waals surface area (Å²) in [6, 6.07) is 3.64. The first-order valence-electron chi connectivity index (χ1n) is 3.61. The Morgan fingerprint density at radius 3 is 3.00 bits per heavy atom.